The summed E-state index contributed by atoms with van der Waals surface area (Å²) in [6.45, 7) is 9.76. The number of amides is 1. The first-order valence-corrected chi connectivity index (χ1v) is 12.1. The quantitative estimate of drug-likeness (QED) is 0.284. The molecule has 8 nitrogen and oxygen atoms in total. The highest BCUT2D eigenvalue weighted by atomic mass is 16.5. The Morgan fingerprint density at radius 3 is 2.52 bits per heavy atom. The summed E-state index contributed by atoms with van der Waals surface area (Å²) in [5.41, 5.74) is 0. The van der Waals surface area contributed by atoms with Crippen LogP contribution >= 0.6 is 0 Å². The minimum absolute atomic E-state index is 0.0275. The van der Waals surface area contributed by atoms with Crippen LogP contribution in [-0.2, 0) is 14.3 Å². The molecule has 0 bridgehead atoms. The van der Waals surface area contributed by atoms with Crippen LogP contribution in [0.25, 0.3) is 0 Å². The second-order valence-corrected chi connectivity index (χ2v) is 9.43. The molecule has 2 rings (SSSR count). The Hall–Kier alpha value is -0.770. The van der Waals surface area contributed by atoms with Crippen LogP contribution in [0.3, 0.4) is 0 Å². The van der Waals surface area contributed by atoms with E-state index in [1.54, 1.807) is 0 Å². The highest BCUT2D eigenvalue weighted by molar-refractivity contribution is 5.82. The summed E-state index contributed by atoms with van der Waals surface area (Å²) >= 11 is 0. The van der Waals surface area contributed by atoms with Crippen molar-refractivity contribution in [1.29, 1.82) is 0 Å². The monoisotopic (exact) mass is 444 g/mol. The van der Waals surface area contributed by atoms with Crippen molar-refractivity contribution >= 4 is 5.91 Å². The Morgan fingerprint density at radius 2 is 1.87 bits per heavy atom. The molecule has 1 amide bonds. The highest BCUT2D eigenvalue weighted by Gasteiger charge is 2.47. The molecule has 0 spiro atoms. The number of hydrogen-bond acceptors (Lipinski definition) is 7. The van der Waals surface area contributed by atoms with Crippen LogP contribution < -0.4 is 10.6 Å². The maximum Gasteiger partial charge on any atom is 0.237 e. The fourth-order valence-electron chi connectivity index (χ4n) is 4.66. The molecule has 0 aromatic rings. The van der Waals surface area contributed by atoms with Gasteiger partial charge in [-0.3, -0.25) is 4.79 Å². The van der Waals surface area contributed by atoms with Crippen LogP contribution in [0.4, 0.5) is 0 Å². The van der Waals surface area contributed by atoms with Gasteiger partial charge in [0.25, 0.3) is 0 Å². The van der Waals surface area contributed by atoms with Gasteiger partial charge in [0.1, 0.15) is 24.4 Å². The van der Waals surface area contributed by atoms with Gasteiger partial charge >= 0.3 is 0 Å². The van der Waals surface area contributed by atoms with Gasteiger partial charge in [0.2, 0.25) is 5.91 Å². The van der Waals surface area contributed by atoms with Gasteiger partial charge in [0.05, 0.1) is 18.2 Å². The van der Waals surface area contributed by atoms with Crippen LogP contribution in [0.1, 0.15) is 66.2 Å². The zero-order chi connectivity index (χ0) is 23.0. The molecule has 31 heavy (non-hydrogen) atoms. The maximum absolute atomic E-state index is 13.0. The number of ether oxygens (including phenoxy) is 2. The third-order valence-electron chi connectivity index (χ3n) is 6.64. The smallest absolute Gasteiger partial charge is 0.237 e. The van der Waals surface area contributed by atoms with Crippen molar-refractivity contribution in [2.24, 2.45) is 11.8 Å². The number of carbonyl (C=O) groups is 1. The number of unbranched alkanes of at least 4 members (excludes halogenated alkanes) is 2. The minimum atomic E-state index is -1.34. The molecule has 0 aliphatic carbocycles. The molecule has 5 N–H and O–H groups in total. The summed E-state index contributed by atoms with van der Waals surface area (Å²) in [6.07, 6.45) is 0.650. The number of carbonyl (C=O) groups excluding carboxylic acids is 1. The summed E-state index contributed by atoms with van der Waals surface area (Å²) in [4.78, 5) is 13.0. The van der Waals surface area contributed by atoms with Crippen LogP contribution in [0.15, 0.2) is 0 Å². The first-order chi connectivity index (χ1) is 14.8. The molecule has 0 aromatic carbocycles. The fourth-order valence-corrected chi connectivity index (χ4v) is 4.66. The van der Waals surface area contributed by atoms with Crippen LogP contribution in [0.5, 0.6) is 0 Å². The number of hydrogen-bond donors (Lipinski definition) is 5. The molecular weight excluding hydrogens is 400 g/mol. The first-order valence-electron chi connectivity index (χ1n) is 12.1. The van der Waals surface area contributed by atoms with E-state index in [9.17, 15) is 20.1 Å². The van der Waals surface area contributed by atoms with Crippen molar-refractivity contribution in [2.75, 3.05) is 19.8 Å². The molecule has 2 saturated heterocycles. The maximum atomic E-state index is 13.0. The summed E-state index contributed by atoms with van der Waals surface area (Å²) in [5.74, 6) is 0.385. The SMILES string of the molecule is CCCCC[C@H]1CN[C@H](C(=O)N[C@H](C(C)C)[C@H]2O[C@H](CCOCC)[C@H](O)[C@@H](O)[C@H]2O)C1. The van der Waals surface area contributed by atoms with E-state index in [-0.39, 0.29) is 17.9 Å². The van der Waals surface area contributed by atoms with E-state index in [0.717, 1.165) is 19.4 Å². The number of aliphatic hydroxyl groups excluding tert-OH is 3. The van der Waals surface area contributed by atoms with Crippen molar-refractivity contribution in [1.82, 2.24) is 10.6 Å². The van der Waals surface area contributed by atoms with Gasteiger partial charge in [0, 0.05) is 13.2 Å². The van der Waals surface area contributed by atoms with Gasteiger partial charge in [-0.15, -0.1) is 0 Å². The highest BCUT2D eigenvalue weighted by Crippen LogP contribution is 2.28. The van der Waals surface area contributed by atoms with Crippen molar-refractivity contribution in [3.8, 4) is 0 Å². The summed E-state index contributed by atoms with van der Waals surface area (Å²) in [5, 5.41) is 37.8. The summed E-state index contributed by atoms with van der Waals surface area (Å²) < 4.78 is 11.4. The van der Waals surface area contributed by atoms with Gasteiger partial charge in [0.15, 0.2) is 0 Å². The topological polar surface area (TPSA) is 120 Å². The van der Waals surface area contributed by atoms with Crippen molar-refractivity contribution in [3.05, 3.63) is 0 Å². The molecule has 182 valence electrons. The molecule has 2 aliphatic heterocycles. The van der Waals surface area contributed by atoms with Crippen molar-refractivity contribution in [2.45, 2.75) is 109 Å². The van der Waals surface area contributed by atoms with Crippen LogP contribution in [-0.4, -0.2) is 83.6 Å². The molecule has 8 heteroatoms. The largest absolute Gasteiger partial charge is 0.388 e. The average Bonchev–Trinajstić information content (AvgIpc) is 3.21. The van der Waals surface area contributed by atoms with Crippen molar-refractivity contribution in [3.63, 3.8) is 0 Å². The standard InChI is InChI=1S/C23H44N2O6/c1-5-7-8-9-15-12-16(24-13-15)23(29)25-18(14(3)4)22-21(28)20(27)19(26)17(31-22)10-11-30-6-2/h14-22,24,26-28H,5-13H2,1-4H3,(H,25,29)/t15-,16+,17-,18-,19+,20-,21-,22-/m1/s1. The lowest BCUT2D eigenvalue weighted by atomic mass is 9.86. The first kappa shape index (κ1) is 26.5. The normalized spacial score (nSPS) is 34.8. The van der Waals surface area contributed by atoms with E-state index < -0.39 is 36.6 Å². The predicted molar refractivity (Wildman–Crippen MR) is 119 cm³/mol. The molecule has 2 aliphatic rings. The van der Waals surface area contributed by atoms with Crippen LogP contribution in [0, 0.1) is 11.8 Å². The van der Waals surface area contributed by atoms with E-state index in [1.165, 1.54) is 19.3 Å². The van der Waals surface area contributed by atoms with Gasteiger partial charge in [-0.25, -0.2) is 0 Å². The molecule has 0 radical (unpaired) electrons. The lowest BCUT2D eigenvalue weighted by Gasteiger charge is -2.45. The third-order valence-corrected chi connectivity index (χ3v) is 6.64. The number of rotatable bonds is 12. The third kappa shape index (κ3) is 7.37. The van der Waals surface area contributed by atoms with Crippen molar-refractivity contribution < 1.29 is 29.6 Å². The Balaban J connectivity index is 1.99. The Kier molecular flexibility index (Phi) is 11.2. The number of aliphatic hydroxyl groups is 3. The van der Waals surface area contributed by atoms with Gasteiger partial charge in [-0.05, 0) is 44.6 Å². The summed E-state index contributed by atoms with van der Waals surface area (Å²) in [7, 11) is 0. The Labute approximate surface area is 187 Å². The van der Waals surface area contributed by atoms with E-state index in [4.69, 9.17) is 9.47 Å². The molecular formula is C23H44N2O6. The predicted octanol–water partition coefficient (Wildman–Crippen LogP) is 0.962. The molecule has 0 aromatic heterocycles. The van der Waals surface area contributed by atoms with E-state index in [1.807, 2.05) is 20.8 Å². The van der Waals surface area contributed by atoms with Gasteiger partial charge in [-0.2, -0.15) is 0 Å². The van der Waals surface area contributed by atoms with E-state index in [0.29, 0.717) is 25.6 Å². The Morgan fingerprint density at radius 1 is 1.13 bits per heavy atom. The number of nitrogens with one attached hydrogen (secondary N) is 2. The van der Waals surface area contributed by atoms with E-state index >= 15 is 0 Å². The molecule has 2 heterocycles. The lowest BCUT2D eigenvalue weighted by molar-refractivity contribution is -0.234. The zero-order valence-corrected chi connectivity index (χ0v) is 19.6. The van der Waals surface area contributed by atoms with Gasteiger partial charge < -0.3 is 35.4 Å². The van der Waals surface area contributed by atoms with E-state index in [2.05, 4.69) is 17.6 Å². The average molecular weight is 445 g/mol. The second kappa shape index (κ2) is 13.1. The zero-order valence-electron chi connectivity index (χ0n) is 19.6. The molecule has 0 unspecified atom stereocenters. The minimum Gasteiger partial charge on any atom is -0.388 e. The second-order valence-electron chi connectivity index (χ2n) is 9.43. The summed E-state index contributed by atoms with van der Waals surface area (Å²) in [6, 6.07) is -0.738. The van der Waals surface area contributed by atoms with Crippen LogP contribution in [0.2, 0.25) is 0 Å². The fraction of sp³-hybridized carbons (Fsp3) is 0.957. The molecule has 0 saturated carbocycles. The van der Waals surface area contributed by atoms with Gasteiger partial charge in [-0.1, -0.05) is 40.0 Å². The molecule has 8 atom stereocenters. The lowest BCUT2D eigenvalue weighted by Crippen LogP contribution is -2.65. The molecule has 2 fully saturated rings. The Bertz CT molecular complexity index is 534.